The second-order valence-electron chi connectivity index (χ2n) is 7.36. The van der Waals surface area contributed by atoms with Crippen LogP contribution in [0.5, 0.6) is 0 Å². The van der Waals surface area contributed by atoms with Crippen molar-refractivity contribution < 1.29 is 4.79 Å². The van der Waals surface area contributed by atoms with Crippen LogP contribution < -0.4 is 10.2 Å². The van der Waals surface area contributed by atoms with Crippen molar-refractivity contribution in [3.8, 4) is 11.1 Å². The lowest BCUT2D eigenvalue weighted by atomic mass is 10.0. The van der Waals surface area contributed by atoms with Crippen LogP contribution in [0.4, 0.5) is 5.69 Å². The maximum Gasteiger partial charge on any atom is 0.251 e. The summed E-state index contributed by atoms with van der Waals surface area (Å²) in [5, 5.41) is 3.05. The van der Waals surface area contributed by atoms with Crippen LogP contribution in [0.25, 0.3) is 11.1 Å². The molecule has 1 heterocycles. The van der Waals surface area contributed by atoms with Crippen molar-refractivity contribution in [3.63, 3.8) is 0 Å². The van der Waals surface area contributed by atoms with E-state index in [2.05, 4.69) is 57.6 Å². The van der Waals surface area contributed by atoms with Gasteiger partial charge in [0.15, 0.2) is 0 Å². The zero-order valence-corrected chi connectivity index (χ0v) is 16.6. The molecule has 1 N–H and O–H groups in total. The molecule has 1 saturated heterocycles. The average molecular weight is 386 g/mol. The third-order valence-corrected chi connectivity index (χ3v) is 5.46. The van der Waals surface area contributed by atoms with Crippen LogP contribution in [0.3, 0.4) is 0 Å². The summed E-state index contributed by atoms with van der Waals surface area (Å²) in [6, 6.07) is 28.6. The van der Waals surface area contributed by atoms with Gasteiger partial charge in [0, 0.05) is 50.5 Å². The van der Waals surface area contributed by atoms with Crippen molar-refractivity contribution in [2.24, 2.45) is 0 Å². The molecule has 1 amide bonds. The van der Waals surface area contributed by atoms with Crippen LogP contribution in [0.2, 0.25) is 0 Å². The molecule has 4 heteroatoms. The number of rotatable bonds is 6. The molecule has 3 aromatic carbocycles. The SMILES string of the molecule is O=C(NCCN1CCN(c2ccccc2)CC1)c1ccc(-c2ccccc2)cc1. The van der Waals surface area contributed by atoms with Crippen LogP contribution in [0, 0.1) is 0 Å². The van der Waals surface area contributed by atoms with Crippen LogP contribution in [0.1, 0.15) is 10.4 Å². The van der Waals surface area contributed by atoms with Gasteiger partial charge in [-0.2, -0.15) is 0 Å². The molecule has 0 bridgehead atoms. The van der Waals surface area contributed by atoms with Crippen molar-refractivity contribution in [2.45, 2.75) is 0 Å². The molecule has 1 aliphatic rings. The monoisotopic (exact) mass is 385 g/mol. The second-order valence-corrected chi connectivity index (χ2v) is 7.36. The number of hydrogen-bond donors (Lipinski definition) is 1. The van der Waals surface area contributed by atoms with Gasteiger partial charge in [0.1, 0.15) is 0 Å². The maximum atomic E-state index is 12.4. The summed E-state index contributed by atoms with van der Waals surface area (Å²) >= 11 is 0. The van der Waals surface area contributed by atoms with Gasteiger partial charge in [-0.15, -0.1) is 0 Å². The van der Waals surface area contributed by atoms with Gasteiger partial charge in [-0.3, -0.25) is 9.69 Å². The highest BCUT2D eigenvalue weighted by atomic mass is 16.1. The minimum atomic E-state index is -0.00691. The molecule has 4 nitrogen and oxygen atoms in total. The van der Waals surface area contributed by atoms with E-state index in [0.717, 1.165) is 43.9 Å². The maximum absolute atomic E-state index is 12.4. The molecular weight excluding hydrogens is 358 g/mol. The molecule has 3 aromatic rings. The van der Waals surface area contributed by atoms with E-state index in [1.807, 2.05) is 42.5 Å². The molecule has 1 fully saturated rings. The third-order valence-electron chi connectivity index (χ3n) is 5.46. The Morgan fingerprint density at radius 2 is 1.31 bits per heavy atom. The van der Waals surface area contributed by atoms with E-state index in [4.69, 9.17) is 0 Å². The Labute approximate surface area is 172 Å². The smallest absolute Gasteiger partial charge is 0.251 e. The van der Waals surface area contributed by atoms with E-state index in [-0.39, 0.29) is 5.91 Å². The Kier molecular flexibility index (Phi) is 6.22. The van der Waals surface area contributed by atoms with E-state index < -0.39 is 0 Å². The Balaban J connectivity index is 1.21. The van der Waals surface area contributed by atoms with Gasteiger partial charge in [0.2, 0.25) is 0 Å². The fourth-order valence-corrected chi connectivity index (χ4v) is 3.74. The van der Waals surface area contributed by atoms with Crippen LogP contribution in [-0.4, -0.2) is 50.1 Å². The molecule has 29 heavy (non-hydrogen) atoms. The van der Waals surface area contributed by atoms with E-state index in [0.29, 0.717) is 12.1 Å². The predicted molar refractivity (Wildman–Crippen MR) is 119 cm³/mol. The number of anilines is 1. The van der Waals surface area contributed by atoms with Gasteiger partial charge >= 0.3 is 0 Å². The Hall–Kier alpha value is -3.11. The molecule has 0 atom stereocenters. The quantitative estimate of drug-likeness (QED) is 0.699. The molecule has 0 aromatic heterocycles. The van der Waals surface area contributed by atoms with Crippen molar-refractivity contribution in [2.75, 3.05) is 44.2 Å². The molecule has 1 aliphatic heterocycles. The first-order valence-corrected chi connectivity index (χ1v) is 10.3. The first-order chi connectivity index (χ1) is 14.3. The van der Waals surface area contributed by atoms with Crippen molar-refractivity contribution in [3.05, 3.63) is 90.5 Å². The first-order valence-electron chi connectivity index (χ1n) is 10.3. The van der Waals surface area contributed by atoms with Gasteiger partial charge in [-0.05, 0) is 35.4 Å². The molecule has 0 aliphatic carbocycles. The second kappa shape index (κ2) is 9.39. The fraction of sp³-hybridized carbons (Fsp3) is 0.240. The van der Waals surface area contributed by atoms with E-state index >= 15 is 0 Å². The summed E-state index contributed by atoms with van der Waals surface area (Å²) < 4.78 is 0. The predicted octanol–water partition coefficient (Wildman–Crippen LogP) is 3.91. The molecular formula is C25H27N3O. The molecule has 4 rings (SSSR count). The van der Waals surface area contributed by atoms with E-state index in [1.54, 1.807) is 0 Å². The number of carbonyl (C=O) groups excluding carboxylic acids is 1. The van der Waals surface area contributed by atoms with E-state index in [1.165, 1.54) is 5.69 Å². The molecule has 0 spiro atoms. The number of carbonyl (C=O) groups is 1. The molecule has 0 unspecified atom stereocenters. The van der Waals surface area contributed by atoms with Gasteiger partial charge in [0.05, 0.1) is 0 Å². The van der Waals surface area contributed by atoms with Gasteiger partial charge in [0.25, 0.3) is 5.91 Å². The zero-order chi connectivity index (χ0) is 19.9. The Morgan fingerprint density at radius 3 is 1.97 bits per heavy atom. The molecule has 0 radical (unpaired) electrons. The number of nitrogens with zero attached hydrogens (tertiary/aromatic N) is 2. The number of amides is 1. The van der Waals surface area contributed by atoms with Crippen molar-refractivity contribution in [1.29, 1.82) is 0 Å². The normalized spacial score (nSPS) is 14.6. The number of para-hydroxylation sites is 1. The molecule has 148 valence electrons. The minimum Gasteiger partial charge on any atom is -0.369 e. The Morgan fingerprint density at radius 1 is 0.724 bits per heavy atom. The number of nitrogens with one attached hydrogen (secondary N) is 1. The topological polar surface area (TPSA) is 35.6 Å². The van der Waals surface area contributed by atoms with E-state index in [9.17, 15) is 4.79 Å². The lowest BCUT2D eigenvalue weighted by Gasteiger charge is -2.36. The lowest BCUT2D eigenvalue weighted by molar-refractivity contribution is 0.0948. The largest absolute Gasteiger partial charge is 0.369 e. The highest BCUT2D eigenvalue weighted by molar-refractivity contribution is 5.94. The third kappa shape index (κ3) is 5.04. The summed E-state index contributed by atoms with van der Waals surface area (Å²) in [7, 11) is 0. The average Bonchev–Trinajstić information content (AvgIpc) is 2.81. The van der Waals surface area contributed by atoms with Crippen LogP contribution in [-0.2, 0) is 0 Å². The Bertz CT molecular complexity index is 902. The van der Waals surface area contributed by atoms with Crippen LogP contribution in [0.15, 0.2) is 84.9 Å². The summed E-state index contributed by atoms with van der Waals surface area (Å²) in [4.78, 5) is 17.3. The fourth-order valence-electron chi connectivity index (χ4n) is 3.74. The number of hydrogen-bond acceptors (Lipinski definition) is 3. The highest BCUT2D eigenvalue weighted by Gasteiger charge is 2.17. The number of benzene rings is 3. The van der Waals surface area contributed by atoms with Gasteiger partial charge in [-0.25, -0.2) is 0 Å². The summed E-state index contributed by atoms with van der Waals surface area (Å²) in [6.07, 6.45) is 0. The first kappa shape index (κ1) is 19.2. The zero-order valence-electron chi connectivity index (χ0n) is 16.6. The minimum absolute atomic E-state index is 0.00691. The lowest BCUT2D eigenvalue weighted by Crippen LogP contribution is -2.48. The van der Waals surface area contributed by atoms with Gasteiger partial charge < -0.3 is 10.2 Å². The van der Waals surface area contributed by atoms with Crippen molar-refractivity contribution >= 4 is 11.6 Å². The van der Waals surface area contributed by atoms with Crippen LogP contribution >= 0.6 is 0 Å². The number of piperazine rings is 1. The van der Waals surface area contributed by atoms with Crippen molar-refractivity contribution in [1.82, 2.24) is 10.2 Å². The summed E-state index contributed by atoms with van der Waals surface area (Å²) in [6.45, 7) is 5.66. The standard InChI is InChI=1S/C25H27N3O/c29-25(23-13-11-22(12-14-23)21-7-3-1-4-8-21)26-15-16-27-17-19-28(20-18-27)24-9-5-2-6-10-24/h1-14H,15-20H2,(H,26,29). The van der Waals surface area contributed by atoms with Gasteiger partial charge in [-0.1, -0.05) is 60.7 Å². The summed E-state index contributed by atoms with van der Waals surface area (Å²) in [5.74, 6) is -0.00691. The molecule has 0 saturated carbocycles. The highest BCUT2D eigenvalue weighted by Crippen LogP contribution is 2.19. The summed E-state index contributed by atoms with van der Waals surface area (Å²) in [5.41, 5.74) is 4.28.